The van der Waals surface area contributed by atoms with Gasteiger partial charge in [-0.2, -0.15) is 18.2 Å². The van der Waals surface area contributed by atoms with Crippen LogP contribution in [-0.2, 0) is 12.7 Å². The van der Waals surface area contributed by atoms with Crippen molar-refractivity contribution in [1.29, 1.82) is 0 Å². The topological polar surface area (TPSA) is 83.3 Å². The summed E-state index contributed by atoms with van der Waals surface area (Å²) in [6, 6.07) is 12.0. The molecule has 1 aromatic heterocycles. The molecule has 2 heterocycles. The third-order valence-corrected chi connectivity index (χ3v) is 5.76. The van der Waals surface area contributed by atoms with E-state index in [0.29, 0.717) is 24.5 Å². The maximum absolute atomic E-state index is 12.7. The van der Waals surface area contributed by atoms with E-state index < -0.39 is 11.7 Å². The molecule has 1 saturated heterocycles. The number of aromatic nitrogens is 2. The van der Waals surface area contributed by atoms with Crippen molar-refractivity contribution in [2.45, 2.75) is 32.5 Å². The number of carbonyl (C=O) groups is 1. The van der Waals surface area contributed by atoms with Gasteiger partial charge in [-0.1, -0.05) is 35.0 Å². The molecule has 1 atom stereocenters. The second-order valence-electron chi connectivity index (χ2n) is 8.53. The van der Waals surface area contributed by atoms with Gasteiger partial charge in [0.1, 0.15) is 0 Å². The summed E-state index contributed by atoms with van der Waals surface area (Å²) in [5.41, 5.74) is 1.61. The lowest BCUT2D eigenvalue weighted by Gasteiger charge is -2.31. The number of halogens is 3. The van der Waals surface area contributed by atoms with E-state index in [0.717, 1.165) is 49.3 Å². The summed E-state index contributed by atoms with van der Waals surface area (Å²) in [7, 11) is 0. The fourth-order valence-corrected chi connectivity index (χ4v) is 3.95. The molecule has 180 valence electrons. The number of aryl methyl sites for hydroxylation is 1. The zero-order valence-electron chi connectivity index (χ0n) is 18.7. The van der Waals surface area contributed by atoms with Gasteiger partial charge in [0.25, 0.3) is 0 Å². The molecule has 7 nitrogen and oxygen atoms in total. The molecule has 0 radical (unpaired) electrons. The first-order valence-corrected chi connectivity index (χ1v) is 11.1. The van der Waals surface area contributed by atoms with E-state index in [1.165, 1.54) is 12.1 Å². The number of hydrogen-bond acceptors (Lipinski definition) is 5. The highest BCUT2D eigenvalue weighted by atomic mass is 19.4. The Morgan fingerprint density at radius 1 is 1.15 bits per heavy atom. The summed E-state index contributed by atoms with van der Waals surface area (Å²) in [5, 5.41) is 9.67. The Kier molecular flexibility index (Phi) is 7.16. The summed E-state index contributed by atoms with van der Waals surface area (Å²) >= 11 is 0. The van der Waals surface area contributed by atoms with Gasteiger partial charge in [0.2, 0.25) is 11.7 Å². The molecule has 2 N–H and O–H groups in total. The van der Waals surface area contributed by atoms with Crippen LogP contribution < -0.4 is 10.6 Å². The van der Waals surface area contributed by atoms with Crippen LogP contribution in [0.2, 0.25) is 0 Å². The quantitative estimate of drug-likeness (QED) is 0.521. The Morgan fingerprint density at radius 2 is 1.88 bits per heavy atom. The number of hydrogen-bond donors (Lipinski definition) is 2. The summed E-state index contributed by atoms with van der Waals surface area (Å²) in [6.45, 7) is 4.61. The van der Waals surface area contributed by atoms with Crippen molar-refractivity contribution >= 4 is 11.7 Å². The number of alkyl halides is 3. The molecule has 1 aliphatic heterocycles. The molecule has 0 saturated carbocycles. The van der Waals surface area contributed by atoms with E-state index in [4.69, 9.17) is 4.52 Å². The maximum Gasteiger partial charge on any atom is 0.416 e. The Hall–Kier alpha value is -3.40. The molecule has 4 rings (SSSR count). The molecule has 1 fully saturated rings. The van der Waals surface area contributed by atoms with Crippen molar-refractivity contribution in [2.24, 2.45) is 5.92 Å². The Bertz CT molecular complexity index is 1100. The lowest BCUT2D eigenvalue weighted by molar-refractivity contribution is -0.137. The van der Waals surface area contributed by atoms with E-state index in [9.17, 15) is 18.0 Å². The van der Waals surface area contributed by atoms with Crippen LogP contribution in [0, 0.1) is 12.8 Å². The average molecular weight is 473 g/mol. The van der Waals surface area contributed by atoms with Gasteiger partial charge in [-0.3, -0.25) is 4.90 Å². The van der Waals surface area contributed by atoms with Crippen LogP contribution in [0.4, 0.5) is 23.7 Å². The maximum atomic E-state index is 12.7. The van der Waals surface area contributed by atoms with Crippen LogP contribution in [0.15, 0.2) is 53.1 Å². The molecule has 34 heavy (non-hydrogen) atoms. The molecule has 0 spiro atoms. The summed E-state index contributed by atoms with van der Waals surface area (Å²) in [4.78, 5) is 18.7. The fraction of sp³-hybridized carbons (Fsp3) is 0.375. The fourth-order valence-electron chi connectivity index (χ4n) is 3.95. The number of amides is 2. The van der Waals surface area contributed by atoms with Gasteiger partial charge >= 0.3 is 12.2 Å². The van der Waals surface area contributed by atoms with Crippen molar-refractivity contribution in [3.63, 3.8) is 0 Å². The number of nitrogens with zero attached hydrogens (tertiary/aromatic N) is 3. The van der Waals surface area contributed by atoms with Crippen molar-refractivity contribution in [3.05, 3.63) is 65.5 Å². The molecule has 1 aliphatic rings. The Balaban J connectivity index is 1.26. The summed E-state index contributed by atoms with van der Waals surface area (Å²) < 4.78 is 43.6. The van der Waals surface area contributed by atoms with Gasteiger partial charge in [-0.15, -0.1) is 0 Å². The molecule has 10 heteroatoms. The number of rotatable bonds is 6. The van der Waals surface area contributed by atoms with Crippen LogP contribution in [0.5, 0.6) is 0 Å². The normalized spacial score (nSPS) is 16.9. The Labute approximate surface area is 195 Å². The molecular weight excluding hydrogens is 447 g/mol. The minimum atomic E-state index is -4.39. The van der Waals surface area contributed by atoms with Gasteiger partial charge in [0.15, 0.2) is 0 Å². The number of piperidine rings is 1. The summed E-state index contributed by atoms with van der Waals surface area (Å²) in [6.07, 6.45) is -2.41. The highest BCUT2D eigenvalue weighted by Gasteiger charge is 2.30. The average Bonchev–Trinajstić information content (AvgIpc) is 3.27. The number of urea groups is 1. The van der Waals surface area contributed by atoms with Gasteiger partial charge in [-0.25, -0.2) is 4.79 Å². The number of anilines is 1. The zero-order valence-corrected chi connectivity index (χ0v) is 18.7. The van der Waals surface area contributed by atoms with Crippen LogP contribution in [0.25, 0.3) is 11.4 Å². The highest BCUT2D eigenvalue weighted by Crippen LogP contribution is 2.30. The standard InChI is InChI=1S/C24H26F3N5O2/c1-16-4-10-20(11-5-16)29-23(33)28-13-17-3-2-12-32(14-17)15-21-30-22(31-34-21)18-6-8-19(9-7-18)24(25,26)27/h4-11,17H,2-3,12-15H2,1H3,(H2,28,29,33)/t17-/m1/s1. The highest BCUT2D eigenvalue weighted by molar-refractivity contribution is 5.89. The number of benzene rings is 2. The van der Waals surface area contributed by atoms with Crippen molar-refractivity contribution in [1.82, 2.24) is 20.4 Å². The van der Waals surface area contributed by atoms with Gasteiger partial charge < -0.3 is 15.2 Å². The molecule has 3 aromatic rings. The van der Waals surface area contributed by atoms with Crippen LogP contribution in [-0.4, -0.2) is 40.7 Å². The lowest BCUT2D eigenvalue weighted by atomic mass is 9.98. The second kappa shape index (κ2) is 10.3. The second-order valence-corrected chi connectivity index (χ2v) is 8.53. The van der Waals surface area contributed by atoms with Gasteiger partial charge in [0.05, 0.1) is 12.1 Å². The SMILES string of the molecule is Cc1ccc(NC(=O)NC[C@H]2CCCN(Cc3nc(-c4ccc(C(F)(F)F)cc4)no3)C2)cc1. The summed E-state index contributed by atoms with van der Waals surface area (Å²) in [5.74, 6) is 0.946. The van der Waals surface area contributed by atoms with E-state index in [-0.39, 0.29) is 17.8 Å². The first kappa shape index (κ1) is 23.7. The predicted octanol–water partition coefficient (Wildman–Crippen LogP) is 5.10. The van der Waals surface area contributed by atoms with Crippen molar-refractivity contribution in [2.75, 3.05) is 25.0 Å². The molecule has 0 bridgehead atoms. The minimum absolute atomic E-state index is 0.237. The van der Waals surface area contributed by atoms with Crippen molar-refractivity contribution in [3.8, 4) is 11.4 Å². The third kappa shape index (κ3) is 6.34. The zero-order chi connectivity index (χ0) is 24.1. The van der Waals surface area contributed by atoms with Crippen molar-refractivity contribution < 1.29 is 22.5 Å². The number of likely N-dealkylation sites (tertiary alicyclic amines) is 1. The van der Waals surface area contributed by atoms with Gasteiger partial charge in [-0.05, 0) is 56.5 Å². The van der Waals surface area contributed by atoms with E-state index >= 15 is 0 Å². The molecule has 0 aliphatic carbocycles. The van der Waals surface area contributed by atoms with Crippen LogP contribution in [0.3, 0.4) is 0 Å². The largest absolute Gasteiger partial charge is 0.416 e. The van der Waals surface area contributed by atoms with E-state index in [2.05, 4.69) is 25.7 Å². The molecular formula is C24H26F3N5O2. The van der Waals surface area contributed by atoms with Crippen LogP contribution >= 0.6 is 0 Å². The van der Waals surface area contributed by atoms with Crippen LogP contribution in [0.1, 0.15) is 29.9 Å². The minimum Gasteiger partial charge on any atom is -0.338 e. The molecule has 2 aromatic carbocycles. The Morgan fingerprint density at radius 3 is 2.59 bits per heavy atom. The monoisotopic (exact) mass is 473 g/mol. The molecule has 2 amide bonds. The van der Waals surface area contributed by atoms with E-state index in [1.807, 2.05) is 31.2 Å². The predicted molar refractivity (Wildman–Crippen MR) is 121 cm³/mol. The van der Waals surface area contributed by atoms with E-state index in [1.54, 1.807) is 0 Å². The first-order valence-electron chi connectivity index (χ1n) is 11.1. The lowest BCUT2D eigenvalue weighted by Crippen LogP contribution is -2.41. The number of nitrogens with one attached hydrogen (secondary N) is 2. The van der Waals surface area contributed by atoms with Gasteiger partial charge in [0, 0.05) is 24.3 Å². The smallest absolute Gasteiger partial charge is 0.338 e. The molecule has 0 unspecified atom stereocenters. The first-order chi connectivity index (χ1) is 16.3. The third-order valence-electron chi connectivity index (χ3n) is 5.76. The number of carbonyl (C=O) groups excluding carboxylic acids is 1.